The zero-order valence-corrected chi connectivity index (χ0v) is 24.0. The molecule has 2 aliphatic heterocycles. The van der Waals surface area contributed by atoms with E-state index in [0.717, 1.165) is 0 Å². The SMILES string of the molecule is Nc1ncnc2c1ncn2[C@@H]1O[C@H](CO[P@](=O)(O)S)C[C@H]1O[PH](=O)OC[C@@H]1CC[C@H](n2cnc3c(N)ncnc32)O1. The molecule has 41 heavy (non-hydrogen) atoms. The number of hydrogen-bond acceptors (Lipinski definition) is 15. The molecular weight excluding hydrogens is 602 g/mol. The van der Waals surface area contributed by atoms with Gasteiger partial charge in [0.15, 0.2) is 29.2 Å². The molecule has 6 rings (SSSR count). The van der Waals surface area contributed by atoms with Crippen LogP contribution in [-0.4, -0.2) is 75.5 Å². The van der Waals surface area contributed by atoms with Crippen molar-refractivity contribution < 1.29 is 37.1 Å². The molecule has 0 aromatic carbocycles. The zero-order chi connectivity index (χ0) is 28.7. The summed E-state index contributed by atoms with van der Waals surface area (Å²) in [6, 6.07) is 0. The minimum atomic E-state index is -4.05. The Hall–Kier alpha value is -2.73. The van der Waals surface area contributed by atoms with Crippen molar-refractivity contribution in [3.05, 3.63) is 25.3 Å². The molecule has 2 saturated heterocycles. The lowest BCUT2D eigenvalue weighted by molar-refractivity contribution is -0.0446. The molecule has 21 heteroatoms. The monoisotopic (exact) mass is 628 g/mol. The molecule has 7 atom stereocenters. The summed E-state index contributed by atoms with van der Waals surface area (Å²) in [4.78, 5) is 34.2. The lowest BCUT2D eigenvalue weighted by Gasteiger charge is -2.21. The van der Waals surface area contributed by atoms with Crippen molar-refractivity contribution in [3.8, 4) is 0 Å². The van der Waals surface area contributed by atoms with Gasteiger partial charge in [-0.05, 0) is 12.8 Å². The number of hydrogen-bond donors (Lipinski definition) is 4. The summed E-state index contributed by atoms with van der Waals surface area (Å²) in [7, 11) is -3.04. The molecule has 5 N–H and O–H groups in total. The molecule has 0 saturated carbocycles. The molecule has 4 aromatic rings. The number of anilines is 2. The summed E-state index contributed by atoms with van der Waals surface area (Å²) in [5.41, 5.74) is 13.5. The predicted octanol–water partition coefficient (Wildman–Crippen LogP) is 1.63. The summed E-state index contributed by atoms with van der Waals surface area (Å²) in [5, 5.41) is 0. The highest BCUT2D eigenvalue weighted by molar-refractivity contribution is 8.44. The molecule has 2 aliphatic rings. The van der Waals surface area contributed by atoms with E-state index in [0.29, 0.717) is 35.2 Å². The van der Waals surface area contributed by atoms with Crippen molar-refractivity contribution in [3.63, 3.8) is 0 Å². The second-order valence-electron chi connectivity index (χ2n) is 9.34. The number of thiol groups is 1. The van der Waals surface area contributed by atoms with Crippen LogP contribution >= 0.6 is 27.3 Å². The fourth-order valence-corrected chi connectivity index (χ4v) is 6.23. The van der Waals surface area contributed by atoms with Crippen LogP contribution in [0.5, 0.6) is 0 Å². The van der Waals surface area contributed by atoms with Crippen LogP contribution in [-0.2, 0) is 32.2 Å². The molecule has 0 spiro atoms. The number of fused-ring (bicyclic) bond motifs is 2. The van der Waals surface area contributed by atoms with Gasteiger partial charge in [0.25, 0.3) is 0 Å². The smallest absolute Gasteiger partial charge is 0.382 e. The average Bonchev–Trinajstić information content (AvgIpc) is 3.71. The number of rotatable bonds is 10. The summed E-state index contributed by atoms with van der Waals surface area (Å²) in [5.74, 6) is 0.452. The maximum absolute atomic E-state index is 12.9. The van der Waals surface area contributed by atoms with E-state index in [-0.39, 0.29) is 43.6 Å². The van der Waals surface area contributed by atoms with Crippen molar-refractivity contribution in [2.75, 3.05) is 24.7 Å². The Kier molecular flexibility index (Phi) is 7.97. The molecule has 220 valence electrons. The summed E-state index contributed by atoms with van der Waals surface area (Å²) in [6.45, 7) is -4.28. The Labute approximate surface area is 237 Å². The van der Waals surface area contributed by atoms with E-state index in [2.05, 4.69) is 42.2 Å². The van der Waals surface area contributed by atoms with E-state index >= 15 is 0 Å². The molecule has 18 nitrogen and oxygen atoms in total. The second-order valence-corrected chi connectivity index (χ2v) is 13.1. The first-order valence-electron chi connectivity index (χ1n) is 12.4. The third kappa shape index (κ3) is 6.09. The first-order valence-corrected chi connectivity index (χ1v) is 16.3. The maximum Gasteiger partial charge on any atom is 0.383 e. The molecule has 0 aliphatic carbocycles. The molecular formula is C20H26N10O8P2S. The first-order chi connectivity index (χ1) is 19.7. The van der Waals surface area contributed by atoms with Gasteiger partial charge < -0.3 is 34.9 Å². The van der Waals surface area contributed by atoms with Gasteiger partial charge in [0.2, 0.25) is 0 Å². The van der Waals surface area contributed by atoms with Gasteiger partial charge in [-0.3, -0.25) is 18.2 Å². The van der Waals surface area contributed by atoms with Gasteiger partial charge in [-0.15, -0.1) is 0 Å². The second kappa shape index (κ2) is 11.5. The van der Waals surface area contributed by atoms with Gasteiger partial charge in [-0.1, -0.05) is 12.2 Å². The van der Waals surface area contributed by atoms with Crippen LogP contribution in [0, 0.1) is 0 Å². The Balaban J connectivity index is 1.10. The summed E-state index contributed by atoms with van der Waals surface area (Å²) in [6.07, 6.45) is 4.08. The third-order valence-electron chi connectivity index (χ3n) is 6.65. The van der Waals surface area contributed by atoms with Gasteiger partial charge in [0, 0.05) is 6.42 Å². The van der Waals surface area contributed by atoms with E-state index in [1.54, 1.807) is 15.5 Å². The minimum Gasteiger partial charge on any atom is -0.382 e. The Morgan fingerprint density at radius 3 is 2.32 bits per heavy atom. The van der Waals surface area contributed by atoms with E-state index < -0.39 is 33.5 Å². The fourth-order valence-electron chi connectivity index (χ4n) is 4.82. The number of nitrogen functional groups attached to an aromatic ring is 2. The third-order valence-corrected chi connectivity index (χ3v) is 8.38. The molecule has 1 unspecified atom stereocenters. The van der Waals surface area contributed by atoms with Gasteiger partial charge in [-0.2, -0.15) is 0 Å². The van der Waals surface area contributed by atoms with Crippen LogP contribution in [0.3, 0.4) is 0 Å². The van der Waals surface area contributed by atoms with Gasteiger partial charge in [0.05, 0.1) is 38.1 Å². The summed E-state index contributed by atoms with van der Waals surface area (Å²) >= 11 is 3.53. The highest BCUT2D eigenvalue weighted by Gasteiger charge is 2.40. The van der Waals surface area contributed by atoms with E-state index in [4.69, 9.17) is 34.5 Å². The molecule has 0 amide bonds. The molecule has 6 heterocycles. The highest BCUT2D eigenvalue weighted by Crippen LogP contribution is 2.48. The molecule has 2 fully saturated rings. The molecule has 4 aromatic heterocycles. The Morgan fingerprint density at radius 1 is 0.976 bits per heavy atom. The van der Waals surface area contributed by atoms with Crippen molar-refractivity contribution in [2.24, 2.45) is 0 Å². The summed E-state index contributed by atoms with van der Waals surface area (Å²) < 4.78 is 56.1. The van der Waals surface area contributed by atoms with Gasteiger partial charge >= 0.3 is 15.1 Å². The van der Waals surface area contributed by atoms with E-state index in [1.807, 2.05) is 0 Å². The fraction of sp³-hybridized carbons (Fsp3) is 0.500. The maximum atomic E-state index is 12.9. The number of nitrogens with two attached hydrogens (primary N) is 2. The van der Waals surface area contributed by atoms with Crippen molar-refractivity contribution in [1.82, 2.24) is 39.0 Å². The van der Waals surface area contributed by atoms with Crippen molar-refractivity contribution >= 4 is 61.3 Å². The lowest BCUT2D eigenvalue weighted by atomic mass is 10.2. The number of nitrogens with zero attached hydrogens (tertiary/aromatic N) is 8. The molecule has 0 radical (unpaired) electrons. The topological polar surface area (TPSA) is 240 Å². The lowest BCUT2D eigenvalue weighted by Crippen LogP contribution is -2.21. The number of aromatic nitrogens is 8. The van der Waals surface area contributed by atoms with Gasteiger partial charge in [-0.25, -0.2) is 34.5 Å². The Morgan fingerprint density at radius 2 is 1.63 bits per heavy atom. The quantitative estimate of drug-likeness (QED) is 0.144. The van der Waals surface area contributed by atoms with Crippen LogP contribution in [0.4, 0.5) is 11.6 Å². The number of imidazole rings is 2. The van der Waals surface area contributed by atoms with E-state index in [1.165, 1.54) is 19.0 Å². The van der Waals surface area contributed by atoms with Gasteiger partial charge in [0.1, 0.15) is 36.0 Å². The predicted molar refractivity (Wildman–Crippen MR) is 146 cm³/mol. The average molecular weight is 629 g/mol. The van der Waals surface area contributed by atoms with Crippen LogP contribution in [0.1, 0.15) is 31.7 Å². The van der Waals surface area contributed by atoms with Crippen molar-refractivity contribution in [2.45, 2.75) is 50.0 Å². The van der Waals surface area contributed by atoms with Crippen LogP contribution in [0.15, 0.2) is 25.3 Å². The van der Waals surface area contributed by atoms with Crippen LogP contribution in [0.2, 0.25) is 0 Å². The van der Waals surface area contributed by atoms with E-state index in [9.17, 15) is 14.0 Å². The normalized spacial score (nSPS) is 27.0. The molecule has 0 bridgehead atoms. The highest BCUT2D eigenvalue weighted by atomic mass is 32.7. The zero-order valence-electron chi connectivity index (χ0n) is 21.2. The number of ether oxygens (including phenoxy) is 2. The van der Waals surface area contributed by atoms with Crippen LogP contribution < -0.4 is 11.5 Å². The largest absolute Gasteiger partial charge is 0.383 e. The van der Waals surface area contributed by atoms with Crippen molar-refractivity contribution in [1.29, 1.82) is 0 Å². The minimum absolute atomic E-state index is 0.0218. The first kappa shape index (κ1) is 28.4. The van der Waals surface area contributed by atoms with Crippen LogP contribution in [0.25, 0.3) is 22.3 Å². The Bertz CT molecular complexity index is 1630. The standard InChI is InChI=1S/C20H26N10O8P2S/c21-16-14-18(25-6-23-16)29(8-27-14)13-2-1-10(36-13)4-34-39(31)38-12-3-11(5-35-40(32,33)41)37-20(12)30-9-28-15-17(22)24-7-26-19(15)30/h6-13,20,39H,1-5H2,(H2,21,23,25)(H2,22,24,26)(H2,32,33,41)/t10-,11-,12+,13+,20+/m0/s1.